The normalized spacial score (nSPS) is 11.3. The quantitative estimate of drug-likeness (QED) is 0.475. The van der Waals surface area contributed by atoms with Gasteiger partial charge in [-0.2, -0.15) is 0 Å². The molecule has 128 valence electrons. The van der Waals surface area contributed by atoms with Gasteiger partial charge in [0.1, 0.15) is 15.5 Å². The maximum absolute atomic E-state index is 13.3. The molecule has 0 atom stereocenters. The summed E-state index contributed by atoms with van der Waals surface area (Å²) in [4.78, 5) is 22.3. The van der Waals surface area contributed by atoms with Gasteiger partial charge in [-0.3, -0.25) is 0 Å². The Bertz CT molecular complexity index is 1100. The molecule has 9 heteroatoms. The molecule has 5 nitrogen and oxygen atoms in total. The Balaban J connectivity index is 1.64. The monoisotopic (exact) mass is 393 g/mol. The van der Waals surface area contributed by atoms with E-state index in [4.69, 9.17) is 4.74 Å². The molecule has 0 bridgehead atoms. The SMILES string of the molecule is CCOC(=O)c1sc2nc(Nc3nc4ccc(F)cc4s3)sc2c1C. The summed E-state index contributed by atoms with van der Waals surface area (Å²) in [6.07, 6.45) is 0. The highest BCUT2D eigenvalue weighted by atomic mass is 32.1. The molecule has 4 aromatic rings. The van der Waals surface area contributed by atoms with Crippen molar-refractivity contribution in [3.63, 3.8) is 0 Å². The highest BCUT2D eigenvalue weighted by Gasteiger charge is 2.20. The molecule has 4 rings (SSSR count). The average Bonchev–Trinajstić information content (AvgIpc) is 3.22. The summed E-state index contributed by atoms with van der Waals surface area (Å²) >= 11 is 4.16. The topological polar surface area (TPSA) is 64.1 Å². The zero-order valence-corrected chi connectivity index (χ0v) is 15.7. The van der Waals surface area contributed by atoms with E-state index in [-0.39, 0.29) is 11.8 Å². The lowest BCUT2D eigenvalue weighted by molar-refractivity contribution is 0.0531. The van der Waals surface area contributed by atoms with Crippen LogP contribution in [-0.2, 0) is 4.74 Å². The van der Waals surface area contributed by atoms with Crippen LogP contribution in [0.1, 0.15) is 22.2 Å². The zero-order chi connectivity index (χ0) is 17.6. The first kappa shape index (κ1) is 16.4. The number of hydrogen-bond acceptors (Lipinski definition) is 8. The highest BCUT2D eigenvalue weighted by Crippen LogP contribution is 2.39. The maximum Gasteiger partial charge on any atom is 0.348 e. The van der Waals surface area contributed by atoms with E-state index >= 15 is 0 Å². The molecule has 0 amide bonds. The van der Waals surface area contributed by atoms with Gasteiger partial charge in [0.15, 0.2) is 10.3 Å². The van der Waals surface area contributed by atoms with Crippen LogP contribution in [0.5, 0.6) is 0 Å². The Hall–Kier alpha value is -2.10. The van der Waals surface area contributed by atoms with Crippen LogP contribution in [-0.4, -0.2) is 22.5 Å². The van der Waals surface area contributed by atoms with Crippen LogP contribution >= 0.6 is 34.0 Å². The number of benzene rings is 1. The van der Waals surface area contributed by atoms with Crippen molar-refractivity contribution in [2.75, 3.05) is 11.9 Å². The molecular formula is C16H12FN3O2S3. The summed E-state index contributed by atoms with van der Waals surface area (Å²) in [5.41, 5.74) is 1.63. The van der Waals surface area contributed by atoms with Crippen molar-refractivity contribution < 1.29 is 13.9 Å². The van der Waals surface area contributed by atoms with Crippen LogP contribution in [0.15, 0.2) is 18.2 Å². The summed E-state index contributed by atoms with van der Waals surface area (Å²) in [7, 11) is 0. The van der Waals surface area contributed by atoms with Crippen molar-refractivity contribution in [1.29, 1.82) is 0 Å². The number of rotatable bonds is 4. The van der Waals surface area contributed by atoms with Crippen LogP contribution in [0.2, 0.25) is 0 Å². The largest absolute Gasteiger partial charge is 0.462 e. The number of thiophene rings is 1. The molecule has 0 unspecified atom stereocenters. The van der Waals surface area contributed by atoms with Crippen molar-refractivity contribution in [3.8, 4) is 0 Å². The average molecular weight is 393 g/mol. The zero-order valence-electron chi connectivity index (χ0n) is 13.3. The number of carbonyl (C=O) groups is 1. The molecule has 1 aromatic carbocycles. The van der Waals surface area contributed by atoms with Crippen LogP contribution in [0.4, 0.5) is 14.7 Å². The molecular weight excluding hydrogens is 381 g/mol. The van der Waals surface area contributed by atoms with Crippen molar-refractivity contribution >= 4 is 70.0 Å². The fourth-order valence-electron chi connectivity index (χ4n) is 2.38. The third kappa shape index (κ3) is 2.99. The van der Waals surface area contributed by atoms with Crippen molar-refractivity contribution in [1.82, 2.24) is 9.97 Å². The maximum atomic E-state index is 13.3. The molecule has 3 aromatic heterocycles. The van der Waals surface area contributed by atoms with E-state index in [1.54, 1.807) is 13.0 Å². The number of ether oxygens (including phenoxy) is 1. The molecule has 3 heterocycles. The van der Waals surface area contributed by atoms with Crippen LogP contribution in [0.25, 0.3) is 19.7 Å². The first-order chi connectivity index (χ1) is 12.0. The molecule has 0 saturated carbocycles. The minimum absolute atomic E-state index is 0.278. The Morgan fingerprint density at radius 3 is 2.80 bits per heavy atom. The molecule has 0 aliphatic rings. The predicted octanol–water partition coefficient (Wildman–Crippen LogP) is 5.34. The summed E-state index contributed by atoms with van der Waals surface area (Å²) in [5, 5.41) is 4.52. The molecule has 0 aliphatic carbocycles. The van der Waals surface area contributed by atoms with E-state index in [9.17, 15) is 9.18 Å². The molecule has 0 radical (unpaired) electrons. The van der Waals surface area contributed by atoms with Crippen LogP contribution in [0.3, 0.4) is 0 Å². The van der Waals surface area contributed by atoms with Gasteiger partial charge in [0.25, 0.3) is 0 Å². The van der Waals surface area contributed by atoms with Gasteiger partial charge in [0.2, 0.25) is 0 Å². The third-order valence-electron chi connectivity index (χ3n) is 3.50. The Kier molecular flexibility index (Phi) is 4.14. The first-order valence-electron chi connectivity index (χ1n) is 7.45. The second-order valence-electron chi connectivity index (χ2n) is 5.19. The van der Waals surface area contributed by atoms with Crippen LogP contribution < -0.4 is 5.32 Å². The Labute approximate surface area is 154 Å². The second kappa shape index (κ2) is 6.32. The number of esters is 1. The summed E-state index contributed by atoms with van der Waals surface area (Å²) < 4.78 is 20.1. The van der Waals surface area contributed by atoms with Crippen molar-refractivity contribution in [2.24, 2.45) is 0 Å². The lowest BCUT2D eigenvalue weighted by Crippen LogP contribution is -2.03. The second-order valence-corrected chi connectivity index (χ2v) is 8.21. The van der Waals surface area contributed by atoms with E-state index in [0.717, 1.165) is 25.3 Å². The van der Waals surface area contributed by atoms with Crippen molar-refractivity contribution in [2.45, 2.75) is 13.8 Å². The predicted molar refractivity (Wildman–Crippen MR) is 101 cm³/mol. The number of hydrogen-bond donors (Lipinski definition) is 1. The first-order valence-corrected chi connectivity index (χ1v) is 9.90. The van der Waals surface area contributed by atoms with Gasteiger partial charge in [-0.05, 0) is 37.6 Å². The van der Waals surface area contributed by atoms with Gasteiger partial charge in [0.05, 0.1) is 21.5 Å². The number of nitrogens with one attached hydrogen (secondary N) is 1. The molecule has 25 heavy (non-hydrogen) atoms. The Morgan fingerprint density at radius 1 is 1.24 bits per heavy atom. The number of aryl methyl sites for hydroxylation is 1. The minimum atomic E-state index is -0.307. The number of nitrogens with zero attached hydrogens (tertiary/aromatic N) is 2. The van der Waals surface area contributed by atoms with E-state index in [1.165, 1.54) is 46.1 Å². The van der Waals surface area contributed by atoms with Gasteiger partial charge in [0, 0.05) is 0 Å². The van der Waals surface area contributed by atoms with Gasteiger partial charge in [-0.25, -0.2) is 19.2 Å². The van der Waals surface area contributed by atoms with E-state index < -0.39 is 0 Å². The van der Waals surface area contributed by atoms with Gasteiger partial charge < -0.3 is 10.1 Å². The summed E-state index contributed by atoms with van der Waals surface area (Å²) in [6, 6.07) is 4.52. The number of thiazole rings is 2. The van der Waals surface area contributed by atoms with Crippen molar-refractivity contribution in [3.05, 3.63) is 34.5 Å². The van der Waals surface area contributed by atoms with E-state index in [0.29, 0.717) is 21.7 Å². The fraction of sp³-hybridized carbons (Fsp3) is 0.188. The number of halogens is 1. The lowest BCUT2D eigenvalue weighted by Gasteiger charge is -1.99. The van der Waals surface area contributed by atoms with Gasteiger partial charge in [-0.1, -0.05) is 22.7 Å². The number of anilines is 2. The standard InChI is InChI=1S/C16H12FN3O2S3/c1-3-22-14(21)12-7(2)11-13(24-12)19-16(25-11)20-15-18-9-5-4-8(17)6-10(9)23-15/h4-6H,3H2,1-2H3,(H,18,19,20). The molecule has 0 aliphatic heterocycles. The number of aromatic nitrogens is 2. The number of fused-ring (bicyclic) bond motifs is 2. The van der Waals surface area contributed by atoms with Crippen LogP contribution in [0, 0.1) is 12.7 Å². The molecule has 1 N–H and O–H groups in total. The lowest BCUT2D eigenvalue weighted by atomic mass is 10.3. The molecule has 0 saturated heterocycles. The minimum Gasteiger partial charge on any atom is -0.462 e. The van der Waals surface area contributed by atoms with Gasteiger partial charge in [-0.15, -0.1) is 11.3 Å². The van der Waals surface area contributed by atoms with Gasteiger partial charge >= 0.3 is 5.97 Å². The summed E-state index contributed by atoms with van der Waals surface area (Å²) in [6.45, 7) is 4.03. The molecule has 0 spiro atoms. The third-order valence-corrected chi connectivity index (χ3v) is 6.82. The smallest absolute Gasteiger partial charge is 0.348 e. The number of carbonyl (C=O) groups excluding carboxylic acids is 1. The Morgan fingerprint density at radius 2 is 2.04 bits per heavy atom. The summed E-state index contributed by atoms with van der Waals surface area (Å²) in [5.74, 6) is -0.586. The van der Waals surface area contributed by atoms with E-state index in [2.05, 4.69) is 15.3 Å². The molecule has 0 fully saturated rings. The highest BCUT2D eigenvalue weighted by molar-refractivity contribution is 7.30. The fourth-order valence-corrected chi connectivity index (χ4v) is 5.54. The van der Waals surface area contributed by atoms with E-state index in [1.807, 2.05) is 6.92 Å².